The molecule has 8 nitrogen and oxygen atoms in total. The van der Waals surface area contributed by atoms with E-state index in [0.717, 1.165) is 66.3 Å². The average Bonchev–Trinajstić information content (AvgIpc) is 3.46. The van der Waals surface area contributed by atoms with Gasteiger partial charge in [-0.2, -0.15) is 10.4 Å². The molecule has 0 saturated carbocycles. The number of amides is 1. The molecule has 0 aromatic carbocycles. The molecule has 178 valence electrons. The zero-order valence-corrected chi connectivity index (χ0v) is 20.1. The van der Waals surface area contributed by atoms with Crippen LogP contribution in [0.25, 0.3) is 16.6 Å². The minimum absolute atomic E-state index is 0.0173. The lowest BCUT2D eigenvalue weighted by molar-refractivity contribution is -0.136. The zero-order valence-electron chi connectivity index (χ0n) is 20.1. The number of likely N-dealkylation sites (tertiary alicyclic amines) is 1. The Morgan fingerprint density at radius 2 is 2.11 bits per heavy atom. The fraction of sp³-hybridized carbons (Fsp3) is 0.407. The van der Waals surface area contributed by atoms with Gasteiger partial charge in [-0.3, -0.25) is 4.79 Å². The Hall–Kier alpha value is -3.70. The third-order valence-electron chi connectivity index (χ3n) is 7.65. The van der Waals surface area contributed by atoms with Gasteiger partial charge in [0, 0.05) is 60.9 Å². The quantitative estimate of drug-likeness (QED) is 0.548. The fourth-order valence-corrected chi connectivity index (χ4v) is 5.86. The summed E-state index contributed by atoms with van der Waals surface area (Å²) in [7, 11) is 0. The van der Waals surface area contributed by atoms with Crippen LogP contribution in [0.3, 0.4) is 0 Å². The Bertz CT molecular complexity index is 1410. The van der Waals surface area contributed by atoms with Gasteiger partial charge >= 0.3 is 0 Å². The van der Waals surface area contributed by atoms with E-state index in [2.05, 4.69) is 36.5 Å². The Balaban J connectivity index is 1.46. The SMILES string of the molecule is C=CC(=O)N1CC2(CCN(c3nc4c(c(-c5cnn6ccccc56)c3C#N)COC(C)(C)C4)C2)C1. The predicted molar refractivity (Wildman–Crippen MR) is 132 cm³/mol. The lowest BCUT2D eigenvalue weighted by Gasteiger charge is -2.47. The molecule has 0 unspecified atom stereocenters. The van der Waals surface area contributed by atoms with Crippen LogP contribution in [0.4, 0.5) is 5.82 Å². The molecule has 3 aromatic heterocycles. The first kappa shape index (κ1) is 21.8. The molecule has 0 radical (unpaired) electrons. The van der Waals surface area contributed by atoms with Crippen LogP contribution < -0.4 is 4.90 Å². The number of anilines is 1. The molecule has 3 aromatic rings. The zero-order chi connectivity index (χ0) is 24.4. The van der Waals surface area contributed by atoms with Gasteiger partial charge in [-0.1, -0.05) is 12.6 Å². The molecular formula is C27H28N6O2. The number of aromatic nitrogens is 3. The number of fused-ring (bicyclic) bond motifs is 2. The van der Waals surface area contributed by atoms with E-state index in [-0.39, 0.29) is 16.9 Å². The van der Waals surface area contributed by atoms with E-state index in [4.69, 9.17) is 9.72 Å². The van der Waals surface area contributed by atoms with Crippen LogP contribution in [0.5, 0.6) is 0 Å². The maximum absolute atomic E-state index is 12.0. The summed E-state index contributed by atoms with van der Waals surface area (Å²) in [6.45, 7) is 11.2. The molecule has 0 bridgehead atoms. The lowest BCUT2D eigenvalue weighted by atomic mass is 9.79. The van der Waals surface area contributed by atoms with E-state index in [1.165, 1.54) is 6.08 Å². The van der Waals surface area contributed by atoms with Crippen molar-refractivity contribution in [2.24, 2.45) is 5.41 Å². The summed E-state index contributed by atoms with van der Waals surface area (Å²) in [4.78, 5) is 21.2. The standard InChI is InChI=1S/C27H28N6O2/c1-4-23(34)32-16-27(17-32)8-10-31(15-27)25-18(12-28)24(19-13-29-33-9-6-5-7-22(19)33)20-14-35-26(2,3)11-21(20)30-25/h4-7,9,13H,1,8,10-11,14-17H2,2-3H3. The second kappa shape index (κ2) is 7.65. The lowest BCUT2D eigenvalue weighted by Crippen LogP contribution is -2.59. The third-order valence-corrected chi connectivity index (χ3v) is 7.65. The van der Waals surface area contributed by atoms with E-state index in [1.54, 1.807) is 0 Å². The highest BCUT2D eigenvalue weighted by molar-refractivity contribution is 5.89. The van der Waals surface area contributed by atoms with Gasteiger partial charge in [0.1, 0.15) is 17.5 Å². The summed E-state index contributed by atoms with van der Waals surface area (Å²) < 4.78 is 8.01. The smallest absolute Gasteiger partial charge is 0.245 e. The van der Waals surface area contributed by atoms with Crippen LogP contribution in [0.2, 0.25) is 0 Å². The topological polar surface area (TPSA) is 86.8 Å². The van der Waals surface area contributed by atoms with Gasteiger partial charge in [-0.15, -0.1) is 0 Å². The van der Waals surface area contributed by atoms with Crippen LogP contribution in [0.15, 0.2) is 43.2 Å². The van der Waals surface area contributed by atoms with Crippen LogP contribution in [-0.2, 0) is 22.6 Å². The molecular weight excluding hydrogens is 440 g/mol. The highest BCUT2D eigenvalue weighted by atomic mass is 16.5. The van der Waals surface area contributed by atoms with Crippen LogP contribution in [-0.4, -0.2) is 57.2 Å². The largest absolute Gasteiger partial charge is 0.370 e. The summed E-state index contributed by atoms with van der Waals surface area (Å²) in [6.07, 6.45) is 6.78. The van der Waals surface area contributed by atoms with Crippen molar-refractivity contribution in [3.8, 4) is 17.2 Å². The first-order chi connectivity index (χ1) is 16.8. The van der Waals surface area contributed by atoms with Crippen molar-refractivity contribution in [3.63, 3.8) is 0 Å². The van der Waals surface area contributed by atoms with Gasteiger partial charge < -0.3 is 14.5 Å². The average molecular weight is 469 g/mol. The first-order valence-corrected chi connectivity index (χ1v) is 12.0. The number of rotatable bonds is 3. The molecule has 0 atom stereocenters. The van der Waals surface area contributed by atoms with Crippen molar-refractivity contribution in [3.05, 3.63) is 60.1 Å². The van der Waals surface area contributed by atoms with Crippen molar-refractivity contribution in [2.45, 2.75) is 38.9 Å². The van der Waals surface area contributed by atoms with Crippen LogP contribution >= 0.6 is 0 Å². The molecule has 0 aliphatic carbocycles. The molecule has 0 N–H and O–H groups in total. The van der Waals surface area contributed by atoms with E-state index >= 15 is 0 Å². The van der Waals surface area contributed by atoms with Gasteiger partial charge in [0.2, 0.25) is 5.91 Å². The summed E-state index contributed by atoms with van der Waals surface area (Å²) in [6, 6.07) is 8.44. The van der Waals surface area contributed by atoms with E-state index < -0.39 is 0 Å². The van der Waals surface area contributed by atoms with Crippen molar-refractivity contribution < 1.29 is 9.53 Å². The van der Waals surface area contributed by atoms with Crippen molar-refractivity contribution in [1.29, 1.82) is 5.26 Å². The Morgan fingerprint density at radius 1 is 1.29 bits per heavy atom. The van der Waals surface area contributed by atoms with Gasteiger partial charge in [0.05, 0.1) is 29.6 Å². The van der Waals surface area contributed by atoms with Crippen LogP contribution in [0.1, 0.15) is 37.1 Å². The Labute approximate surface area is 204 Å². The summed E-state index contributed by atoms with van der Waals surface area (Å²) >= 11 is 0. The fourth-order valence-electron chi connectivity index (χ4n) is 5.86. The molecule has 2 saturated heterocycles. The van der Waals surface area contributed by atoms with E-state index in [0.29, 0.717) is 18.6 Å². The van der Waals surface area contributed by atoms with Crippen molar-refractivity contribution >= 4 is 17.2 Å². The van der Waals surface area contributed by atoms with Gasteiger partial charge in [0.15, 0.2) is 0 Å². The highest BCUT2D eigenvalue weighted by Gasteiger charge is 2.49. The third kappa shape index (κ3) is 3.41. The number of nitriles is 1. The Kier molecular flexibility index (Phi) is 4.77. The molecule has 6 rings (SSSR count). The summed E-state index contributed by atoms with van der Waals surface area (Å²) in [5.41, 5.74) is 5.01. The molecule has 8 heteroatoms. The summed E-state index contributed by atoms with van der Waals surface area (Å²) in [5, 5.41) is 15.0. The van der Waals surface area contributed by atoms with Crippen molar-refractivity contribution in [2.75, 3.05) is 31.1 Å². The monoisotopic (exact) mass is 468 g/mol. The number of carbonyl (C=O) groups is 1. The number of nitrogens with zero attached hydrogens (tertiary/aromatic N) is 6. The number of hydrogen-bond acceptors (Lipinski definition) is 6. The van der Waals surface area contributed by atoms with E-state index in [9.17, 15) is 10.1 Å². The number of carbonyl (C=O) groups excluding carboxylic acids is 1. The number of hydrogen-bond donors (Lipinski definition) is 0. The second-order valence-corrected chi connectivity index (χ2v) is 10.6. The van der Waals surface area contributed by atoms with E-state index in [1.807, 2.05) is 40.0 Å². The molecule has 1 amide bonds. The maximum atomic E-state index is 12.0. The second-order valence-electron chi connectivity index (χ2n) is 10.6. The minimum Gasteiger partial charge on any atom is -0.370 e. The van der Waals surface area contributed by atoms with Gasteiger partial charge in [-0.25, -0.2) is 9.50 Å². The molecule has 6 heterocycles. The van der Waals surface area contributed by atoms with Crippen LogP contribution in [0, 0.1) is 16.7 Å². The molecule has 3 aliphatic heterocycles. The maximum Gasteiger partial charge on any atom is 0.245 e. The van der Waals surface area contributed by atoms with Gasteiger partial charge in [-0.05, 0) is 38.5 Å². The highest BCUT2D eigenvalue weighted by Crippen LogP contribution is 2.45. The Morgan fingerprint density at radius 3 is 2.89 bits per heavy atom. The predicted octanol–water partition coefficient (Wildman–Crippen LogP) is 3.34. The van der Waals surface area contributed by atoms with Crippen molar-refractivity contribution in [1.82, 2.24) is 19.5 Å². The normalized spacial score (nSPS) is 19.9. The molecule has 35 heavy (non-hydrogen) atoms. The minimum atomic E-state index is -0.324. The molecule has 3 aliphatic rings. The molecule has 2 fully saturated rings. The van der Waals surface area contributed by atoms with Gasteiger partial charge in [0.25, 0.3) is 0 Å². The number of pyridine rings is 2. The number of ether oxygens (including phenoxy) is 1. The first-order valence-electron chi connectivity index (χ1n) is 12.0. The summed E-state index contributed by atoms with van der Waals surface area (Å²) in [5.74, 6) is 0.718. The molecule has 1 spiro atoms.